The van der Waals surface area contributed by atoms with Gasteiger partial charge in [-0.05, 0) is 37.8 Å². The minimum Gasteiger partial charge on any atom is -0.396 e. The van der Waals surface area contributed by atoms with Crippen LogP contribution in [0.3, 0.4) is 0 Å². The van der Waals surface area contributed by atoms with Crippen molar-refractivity contribution in [3.8, 4) is 0 Å². The topological polar surface area (TPSA) is 52.6 Å². The summed E-state index contributed by atoms with van der Waals surface area (Å²) in [6.45, 7) is 3.16. The highest BCUT2D eigenvalue weighted by Gasteiger charge is 2.21. The Balaban J connectivity index is 1.74. The molecule has 2 N–H and O–H groups in total. The highest BCUT2D eigenvalue weighted by Crippen LogP contribution is 2.14. The van der Waals surface area contributed by atoms with Crippen LogP contribution < -0.4 is 5.32 Å². The number of unbranched alkanes of at least 4 members (excludes halogenated alkanes) is 1. The van der Waals surface area contributed by atoms with Gasteiger partial charge in [0.15, 0.2) is 0 Å². The van der Waals surface area contributed by atoms with Crippen LogP contribution >= 0.6 is 0 Å². The van der Waals surface area contributed by atoms with Gasteiger partial charge in [0.25, 0.3) is 0 Å². The number of piperidine rings is 1. The molecule has 0 aromatic heterocycles. The summed E-state index contributed by atoms with van der Waals surface area (Å²) in [6.07, 6.45) is 4.20. The highest BCUT2D eigenvalue weighted by atomic mass is 16.3. The number of carbonyl (C=O) groups is 1. The van der Waals surface area contributed by atoms with E-state index >= 15 is 0 Å². The van der Waals surface area contributed by atoms with Crippen molar-refractivity contribution in [2.24, 2.45) is 0 Å². The molecule has 0 bridgehead atoms. The average Bonchev–Trinajstić information content (AvgIpc) is 2.49. The van der Waals surface area contributed by atoms with Gasteiger partial charge in [-0.2, -0.15) is 0 Å². The Bertz CT molecular complexity index is 422. The van der Waals surface area contributed by atoms with Crippen LogP contribution in [0.2, 0.25) is 0 Å². The van der Waals surface area contributed by atoms with Crippen LogP contribution in [-0.2, 0) is 11.3 Å². The maximum absolute atomic E-state index is 11.8. The summed E-state index contributed by atoms with van der Waals surface area (Å²) in [4.78, 5) is 14.3. The van der Waals surface area contributed by atoms with Crippen molar-refractivity contribution in [3.63, 3.8) is 0 Å². The molecule has 1 heterocycles. The molecule has 1 aromatic rings. The minimum absolute atomic E-state index is 0.120. The van der Waals surface area contributed by atoms with Gasteiger partial charge in [-0.1, -0.05) is 30.3 Å². The second kappa shape index (κ2) is 8.80. The number of carbonyl (C=O) groups excluding carboxylic acids is 1. The van der Waals surface area contributed by atoms with Crippen molar-refractivity contribution >= 4 is 5.91 Å². The van der Waals surface area contributed by atoms with Crippen molar-refractivity contribution < 1.29 is 9.90 Å². The molecule has 0 aliphatic carbocycles. The summed E-state index contributed by atoms with van der Waals surface area (Å²) in [5.74, 6) is 0.120. The fourth-order valence-corrected chi connectivity index (χ4v) is 2.86. The zero-order valence-electron chi connectivity index (χ0n) is 12.6. The molecule has 1 fully saturated rings. The molecule has 0 radical (unpaired) electrons. The lowest BCUT2D eigenvalue weighted by Gasteiger charge is -2.33. The molecule has 116 valence electrons. The third kappa shape index (κ3) is 5.86. The van der Waals surface area contributed by atoms with Crippen molar-refractivity contribution in [3.05, 3.63) is 35.9 Å². The van der Waals surface area contributed by atoms with Crippen LogP contribution in [-0.4, -0.2) is 41.7 Å². The molecule has 0 saturated carbocycles. The van der Waals surface area contributed by atoms with Gasteiger partial charge in [0, 0.05) is 32.2 Å². The molecule has 1 saturated heterocycles. The highest BCUT2D eigenvalue weighted by molar-refractivity contribution is 5.76. The molecule has 1 aliphatic heterocycles. The zero-order chi connectivity index (χ0) is 14.9. The van der Waals surface area contributed by atoms with Crippen molar-refractivity contribution in [1.82, 2.24) is 10.2 Å². The monoisotopic (exact) mass is 290 g/mol. The fraction of sp³-hybridized carbons (Fsp3) is 0.588. The quantitative estimate of drug-likeness (QED) is 0.755. The Kier molecular flexibility index (Phi) is 6.70. The van der Waals surface area contributed by atoms with Gasteiger partial charge in [-0.25, -0.2) is 0 Å². The molecule has 21 heavy (non-hydrogen) atoms. The van der Waals surface area contributed by atoms with Gasteiger partial charge in [-0.3, -0.25) is 9.69 Å². The number of benzene rings is 1. The average molecular weight is 290 g/mol. The predicted molar refractivity (Wildman–Crippen MR) is 83.8 cm³/mol. The molecular weight excluding hydrogens is 264 g/mol. The first kappa shape index (κ1) is 16.0. The Labute approximate surface area is 127 Å². The lowest BCUT2D eigenvalue weighted by molar-refractivity contribution is -0.122. The molecule has 4 nitrogen and oxygen atoms in total. The molecule has 1 unspecified atom stereocenters. The predicted octanol–water partition coefficient (Wildman–Crippen LogP) is 1.93. The molecule has 4 heteroatoms. The Morgan fingerprint density at radius 2 is 2.10 bits per heavy atom. The zero-order valence-corrected chi connectivity index (χ0v) is 12.6. The molecule has 1 aliphatic rings. The Morgan fingerprint density at radius 1 is 1.29 bits per heavy atom. The minimum atomic E-state index is 0.120. The van der Waals surface area contributed by atoms with Crippen LogP contribution in [0.1, 0.15) is 37.7 Å². The maximum Gasteiger partial charge on any atom is 0.220 e. The number of nitrogens with zero attached hydrogens (tertiary/aromatic N) is 1. The smallest absolute Gasteiger partial charge is 0.220 e. The third-order valence-electron chi connectivity index (χ3n) is 3.93. The largest absolute Gasteiger partial charge is 0.396 e. The van der Waals surface area contributed by atoms with E-state index in [4.69, 9.17) is 5.11 Å². The summed E-state index contributed by atoms with van der Waals surface area (Å²) >= 11 is 0. The van der Waals surface area contributed by atoms with E-state index in [1.54, 1.807) is 0 Å². The summed E-state index contributed by atoms with van der Waals surface area (Å²) in [7, 11) is 0. The Morgan fingerprint density at radius 3 is 2.86 bits per heavy atom. The van der Waals surface area contributed by atoms with Crippen LogP contribution in [0, 0.1) is 0 Å². The Hall–Kier alpha value is -1.39. The van der Waals surface area contributed by atoms with E-state index in [1.807, 2.05) is 6.07 Å². The number of rotatable bonds is 7. The fourth-order valence-electron chi connectivity index (χ4n) is 2.86. The lowest BCUT2D eigenvalue weighted by Crippen LogP contribution is -2.47. The van der Waals surface area contributed by atoms with E-state index < -0.39 is 0 Å². The second-order valence-electron chi connectivity index (χ2n) is 5.81. The number of aliphatic hydroxyl groups is 1. The molecule has 1 atom stereocenters. The number of likely N-dealkylation sites (tertiary alicyclic amines) is 1. The van der Waals surface area contributed by atoms with Gasteiger partial charge in [0.1, 0.15) is 0 Å². The third-order valence-corrected chi connectivity index (χ3v) is 3.93. The van der Waals surface area contributed by atoms with E-state index in [-0.39, 0.29) is 18.6 Å². The van der Waals surface area contributed by atoms with Gasteiger partial charge >= 0.3 is 0 Å². The van der Waals surface area contributed by atoms with Crippen molar-refractivity contribution in [2.45, 2.75) is 44.7 Å². The summed E-state index contributed by atoms with van der Waals surface area (Å²) in [5, 5.41) is 11.9. The van der Waals surface area contributed by atoms with Crippen LogP contribution in [0.5, 0.6) is 0 Å². The number of aliphatic hydroxyl groups excluding tert-OH is 1. The molecule has 1 aromatic carbocycles. The number of nitrogens with one attached hydrogen (secondary N) is 1. The first-order valence-corrected chi connectivity index (χ1v) is 7.94. The van der Waals surface area contributed by atoms with Gasteiger partial charge in [-0.15, -0.1) is 0 Å². The first-order chi connectivity index (χ1) is 10.3. The molecule has 0 spiro atoms. The molecule has 1 amide bonds. The first-order valence-electron chi connectivity index (χ1n) is 7.94. The molecule has 2 rings (SSSR count). The van der Waals surface area contributed by atoms with E-state index in [0.29, 0.717) is 12.8 Å². The summed E-state index contributed by atoms with van der Waals surface area (Å²) in [5.41, 5.74) is 1.33. The van der Waals surface area contributed by atoms with E-state index in [9.17, 15) is 4.79 Å². The number of hydrogen-bond donors (Lipinski definition) is 2. The molecular formula is C17H26N2O2. The normalized spacial score (nSPS) is 19.4. The SMILES string of the molecule is O=C(CCCCO)NC1CCCN(Cc2ccccc2)C1. The van der Waals surface area contributed by atoms with E-state index in [1.165, 1.54) is 5.56 Å². The van der Waals surface area contributed by atoms with Crippen molar-refractivity contribution in [2.75, 3.05) is 19.7 Å². The van der Waals surface area contributed by atoms with Gasteiger partial charge < -0.3 is 10.4 Å². The van der Waals surface area contributed by atoms with E-state index in [2.05, 4.69) is 34.5 Å². The van der Waals surface area contributed by atoms with Crippen LogP contribution in [0.25, 0.3) is 0 Å². The lowest BCUT2D eigenvalue weighted by atomic mass is 10.0. The second-order valence-corrected chi connectivity index (χ2v) is 5.81. The van der Waals surface area contributed by atoms with Gasteiger partial charge in [0.05, 0.1) is 0 Å². The maximum atomic E-state index is 11.8. The number of hydrogen-bond acceptors (Lipinski definition) is 3. The summed E-state index contributed by atoms with van der Waals surface area (Å²) in [6, 6.07) is 10.7. The van der Waals surface area contributed by atoms with Crippen LogP contribution in [0.15, 0.2) is 30.3 Å². The number of amides is 1. The van der Waals surface area contributed by atoms with E-state index in [0.717, 1.165) is 38.9 Å². The van der Waals surface area contributed by atoms with Gasteiger partial charge in [0.2, 0.25) is 5.91 Å². The van der Waals surface area contributed by atoms with Crippen molar-refractivity contribution in [1.29, 1.82) is 0 Å². The van der Waals surface area contributed by atoms with Crippen LogP contribution in [0.4, 0.5) is 0 Å². The summed E-state index contributed by atoms with van der Waals surface area (Å²) < 4.78 is 0. The standard InChI is InChI=1S/C17H26N2O2/c20-12-5-4-10-17(21)18-16-9-6-11-19(14-16)13-15-7-2-1-3-8-15/h1-3,7-8,16,20H,4-6,9-14H2,(H,18,21).